The minimum absolute atomic E-state index is 0.0255. The van der Waals surface area contributed by atoms with Crippen molar-refractivity contribution in [2.24, 2.45) is 0 Å². The molecule has 0 radical (unpaired) electrons. The first-order chi connectivity index (χ1) is 15.5. The summed E-state index contributed by atoms with van der Waals surface area (Å²) < 4.78 is 21.4. The highest BCUT2D eigenvalue weighted by atomic mass is 16.5. The zero-order chi connectivity index (χ0) is 22.7. The maximum absolute atomic E-state index is 12.7. The second kappa shape index (κ2) is 8.96. The van der Waals surface area contributed by atoms with Crippen LogP contribution in [0.4, 0.5) is 11.7 Å². The van der Waals surface area contributed by atoms with Crippen molar-refractivity contribution in [3.8, 4) is 17.2 Å². The Morgan fingerprint density at radius 2 is 1.75 bits per heavy atom. The number of methoxy groups -OCH3 is 3. The summed E-state index contributed by atoms with van der Waals surface area (Å²) in [5.74, 6) is 0.567. The quantitative estimate of drug-likeness (QED) is 0.599. The maximum Gasteiger partial charge on any atom is 0.322 e. The number of carbonyl (C=O) groups is 2. The highest BCUT2D eigenvalue weighted by Crippen LogP contribution is 2.38. The van der Waals surface area contributed by atoms with Crippen LogP contribution in [0.15, 0.2) is 46.9 Å². The van der Waals surface area contributed by atoms with E-state index < -0.39 is 5.91 Å². The molecule has 1 atom stereocenters. The lowest BCUT2D eigenvalue weighted by Gasteiger charge is -2.15. The van der Waals surface area contributed by atoms with Crippen molar-refractivity contribution in [3.63, 3.8) is 0 Å². The van der Waals surface area contributed by atoms with Gasteiger partial charge in [0, 0.05) is 24.2 Å². The van der Waals surface area contributed by atoms with Gasteiger partial charge in [0.1, 0.15) is 0 Å². The van der Waals surface area contributed by atoms with Crippen molar-refractivity contribution in [2.75, 3.05) is 38.1 Å². The molecule has 0 saturated carbocycles. The topological polar surface area (TPSA) is 116 Å². The Morgan fingerprint density at radius 1 is 1.06 bits per heavy atom. The number of ether oxygens (including phenoxy) is 3. The third-order valence-corrected chi connectivity index (χ3v) is 5.13. The van der Waals surface area contributed by atoms with Crippen LogP contribution in [0.5, 0.6) is 17.2 Å². The lowest BCUT2D eigenvalue weighted by Crippen LogP contribution is -2.24. The van der Waals surface area contributed by atoms with Gasteiger partial charge < -0.3 is 23.5 Å². The van der Waals surface area contributed by atoms with Gasteiger partial charge in [-0.25, -0.2) is 0 Å². The first-order valence-electron chi connectivity index (χ1n) is 9.84. The van der Waals surface area contributed by atoms with Gasteiger partial charge in [0.2, 0.25) is 17.5 Å². The van der Waals surface area contributed by atoms with Crippen molar-refractivity contribution in [1.29, 1.82) is 0 Å². The van der Waals surface area contributed by atoms with Gasteiger partial charge >= 0.3 is 6.01 Å². The Kier molecular flexibility index (Phi) is 5.93. The molecule has 2 amide bonds. The predicted octanol–water partition coefficient (Wildman–Crippen LogP) is 2.87. The van der Waals surface area contributed by atoms with Gasteiger partial charge in [-0.2, -0.15) is 0 Å². The van der Waals surface area contributed by atoms with Crippen molar-refractivity contribution < 1.29 is 28.2 Å². The molecule has 1 N–H and O–H groups in total. The van der Waals surface area contributed by atoms with E-state index >= 15 is 0 Å². The number of benzene rings is 2. The van der Waals surface area contributed by atoms with E-state index in [1.165, 1.54) is 33.5 Å². The SMILES string of the molecule is COc1cc(C(=O)Nc2nnc([C@@H]3CC(=O)N(c4ccccc4)C3)o2)cc(OC)c1OC. The average molecular weight is 438 g/mol. The summed E-state index contributed by atoms with van der Waals surface area (Å²) in [5.41, 5.74) is 1.07. The van der Waals surface area contributed by atoms with Crippen molar-refractivity contribution in [1.82, 2.24) is 10.2 Å². The number of hydrogen-bond acceptors (Lipinski definition) is 8. The standard InChI is InChI=1S/C22H22N4O6/c1-29-16-9-13(10-17(30-2)19(16)31-3)20(28)23-22-25-24-21(32-22)14-11-18(27)26(12-14)15-7-5-4-6-8-15/h4-10,14H,11-12H2,1-3H3,(H,23,25,28)/t14-/m1/s1. The van der Waals surface area contributed by atoms with Gasteiger partial charge in [-0.15, -0.1) is 5.10 Å². The minimum Gasteiger partial charge on any atom is -0.493 e. The van der Waals surface area contributed by atoms with Gasteiger partial charge in [-0.1, -0.05) is 23.3 Å². The zero-order valence-corrected chi connectivity index (χ0v) is 17.8. The molecule has 10 nitrogen and oxygen atoms in total. The number of anilines is 2. The van der Waals surface area contributed by atoms with Crippen molar-refractivity contribution in [2.45, 2.75) is 12.3 Å². The van der Waals surface area contributed by atoms with E-state index in [0.29, 0.717) is 23.8 Å². The maximum atomic E-state index is 12.7. The van der Waals surface area contributed by atoms with Crippen molar-refractivity contribution >= 4 is 23.5 Å². The molecule has 0 spiro atoms. The Morgan fingerprint density at radius 3 is 2.38 bits per heavy atom. The third kappa shape index (κ3) is 4.07. The Balaban J connectivity index is 1.48. The fourth-order valence-electron chi connectivity index (χ4n) is 3.56. The normalized spacial score (nSPS) is 15.5. The van der Waals surface area contributed by atoms with Crippen LogP contribution in [0, 0.1) is 0 Å². The van der Waals surface area contributed by atoms with Gasteiger partial charge in [0.25, 0.3) is 5.91 Å². The summed E-state index contributed by atoms with van der Waals surface area (Å²) in [4.78, 5) is 26.8. The number of hydrogen-bond donors (Lipinski definition) is 1. The van der Waals surface area contributed by atoms with E-state index in [9.17, 15) is 9.59 Å². The van der Waals surface area contributed by atoms with E-state index in [1.54, 1.807) is 4.90 Å². The van der Waals surface area contributed by atoms with Crippen LogP contribution in [0.25, 0.3) is 0 Å². The van der Waals surface area contributed by atoms with Crippen LogP contribution < -0.4 is 24.4 Å². The summed E-state index contributed by atoms with van der Waals surface area (Å²) in [6.07, 6.45) is 0.247. The molecule has 3 aromatic rings. The Bertz CT molecular complexity index is 1110. The zero-order valence-electron chi connectivity index (χ0n) is 17.8. The van der Waals surface area contributed by atoms with Gasteiger partial charge in [-0.3, -0.25) is 14.9 Å². The van der Waals surface area contributed by atoms with Crippen molar-refractivity contribution in [3.05, 3.63) is 53.9 Å². The molecule has 1 aliphatic heterocycles. The third-order valence-electron chi connectivity index (χ3n) is 5.13. The minimum atomic E-state index is -0.493. The van der Waals surface area contributed by atoms with E-state index in [2.05, 4.69) is 15.5 Å². The molecule has 32 heavy (non-hydrogen) atoms. The molecule has 10 heteroatoms. The van der Waals surface area contributed by atoms with Crippen LogP contribution >= 0.6 is 0 Å². The number of rotatable bonds is 7. The van der Waals surface area contributed by atoms with Crippen LogP contribution in [0.3, 0.4) is 0 Å². The molecule has 2 aromatic carbocycles. The monoisotopic (exact) mass is 438 g/mol. The first kappa shape index (κ1) is 21.2. The molecular weight excluding hydrogens is 416 g/mol. The Labute approximate surface area is 184 Å². The van der Waals surface area contributed by atoms with Crippen LogP contribution in [0.2, 0.25) is 0 Å². The highest BCUT2D eigenvalue weighted by Gasteiger charge is 2.35. The van der Waals surface area contributed by atoms with Gasteiger partial charge in [0.05, 0.1) is 27.2 Å². The average Bonchev–Trinajstić information content (AvgIpc) is 3.44. The van der Waals surface area contributed by atoms with Crippen LogP contribution in [-0.2, 0) is 4.79 Å². The lowest BCUT2D eigenvalue weighted by molar-refractivity contribution is -0.117. The number of para-hydroxylation sites is 1. The van der Waals surface area contributed by atoms with E-state index in [4.69, 9.17) is 18.6 Å². The fourth-order valence-corrected chi connectivity index (χ4v) is 3.56. The number of nitrogens with zero attached hydrogens (tertiary/aromatic N) is 3. The predicted molar refractivity (Wildman–Crippen MR) is 115 cm³/mol. The molecule has 4 rings (SSSR count). The summed E-state index contributed by atoms with van der Waals surface area (Å²) in [7, 11) is 4.41. The van der Waals surface area contributed by atoms with Gasteiger partial charge in [0.15, 0.2) is 11.5 Å². The molecule has 1 saturated heterocycles. The van der Waals surface area contributed by atoms with E-state index in [0.717, 1.165) is 5.69 Å². The number of aromatic nitrogens is 2. The molecule has 1 aromatic heterocycles. The molecular formula is C22H22N4O6. The second-order valence-electron chi connectivity index (χ2n) is 7.05. The van der Waals surface area contributed by atoms with Crippen LogP contribution in [-0.4, -0.2) is 49.9 Å². The second-order valence-corrected chi connectivity index (χ2v) is 7.05. The molecule has 0 bridgehead atoms. The summed E-state index contributed by atoms with van der Waals surface area (Å²) in [6.45, 7) is 0.422. The molecule has 2 heterocycles. The number of amides is 2. The molecule has 0 unspecified atom stereocenters. The molecule has 1 aliphatic rings. The molecule has 0 aliphatic carbocycles. The van der Waals surface area contributed by atoms with E-state index in [-0.39, 0.29) is 35.7 Å². The lowest BCUT2D eigenvalue weighted by atomic mass is 10.1. The van der Waals surface area contributed by atoms with E-state index in [1.807, 2.05) is 30.3 Å². The first-order valence-corrected chi connectivity index (χ1v) is 9.84. The highest BCUT2D eigenvalue weighted by molar-refractivity contribution is 6.04. The number of carbonyl (C=O) groups excluding carboxylic acids is 2. The smallest absolute Gasteiger partial charge is 0.322 e. The summed E-state index contributed by atoms with van der Waals surface area (Å²) in [6, 6.07) is 12.3. The molecule has 166 valence electrons. The molecule has 1 fully saturated rings. The van der Waals surface area contributed by atoms with Crippen LogP contribution in [0.1, 0.15) is 28.6 Å². The Hall–Kier alpha value is -4.08. The number of nitrogens with one attached hydrogen (secondary N) is 1. The fraction of sp³-hybridized carbons (Fsp3) is 0.273. The summed E-state index contributed by atoms with van der Waals surface area (Å²) in [5, 5.41) is 10.5. The largest absolute Gasteiger partial charge is 0.493 e. The van der Waals surface area contributed by atoms with Gasteiger partial charge in [-0.05, 0) is 24.3 Å². The summed E-state index contributed by atoms with van der Waals surface area (Å²) >= 11 is 0.